The predicted molar refractivity (Wildman–Crippen MR) is 70.6 cm³/mol. The van der Waals surface area contributed by atoms with Gasteiger partial charge in [0, 0.05) is 13.7 Å². The first-order valence-electron chi connectivity index (χ1n) is 5.99. The molecule has 0 bridgehead atoms. The van der Waals surface area contributed by atoms with E-state index in [1.54, 1.807) is 7.11 Å². The monoisotopic (exact) mass is 251 g/mol. The Bertz CT molecular complexity index is 402. The second kappa shape index (κ2) is 5.98. The van der Waals surface area contributed by atoms with Crippen LogP contribution in [-0.4, -0.2) is 30.8 Å². The molecule has 1 rings (SSSR count). The minimum absolute atomic E-state index is 0.0547. The maximum absolute atomic E-state index is 11.7. The number of rotatable bonds is 6. The fourth-order valence-corrected chi connectivity index (χ4v) is 2.06. The number of carbonyl (C=O) groups is 1. The van der Waals surface area contributed by atoms with Crippen molar-refractivity contribution in [1.82, 2.24) is 0 Å². The molecule has 0 radical (unpaired) electrons. The number of ether oxygens (including phenoxy) is 1. The molecule has 3 N–H and O–H groups in total. The summed E-state index contributed by atoms with van der Waals surface area (Å²) in [6.45, 7) is 3.87. The summed E-state index contributed by atoms with van der Waals surface area (Å²) in [5.74, 6) is -0.905. The number of aliphatic carboxylic acids is 1. The lowest BCUT2D eigenvalue weighted by Gasteiger charge is -2.30. The highest BCUT2D eigenvalue weighted by molar-refractivity contribution is 5.81. The second-order valence-electron chi connectivity index (χ2n) is 4.71. The zero-order chi connectivity index (χ0) is 13.8. The quantitative estimate of drug-likeness (QED) is 0.807. The number of nitrogens with two attached hydrogens (primary N) is 1. The fourth-order valence-electron chi connectivity index (χ4n) is 2.06. The van der Waals surface area contributed by atoms with Gasteiger partial charge in [0.15, 0.2) is 0 Å². The van der Waals surface area contributed by atoms with Crippen LogP contribution in [0.25, 0.3) is 0 Å². The molecular weight excluding hydrogens is 230 g/mol. The predicted octanol–water partition coefficient (Wildman–Crippen LogP) is 1.70. The summed E-state index contributed by atoms with van der Waals surface area (Å²) in [6, 6.07) is 7.47. The zero-order valence-corrected chi connectivity index (χ0v) is 11.1. The summed E-state index contributed by atoms with van der Waals surface area (Å²) in [4.78, 5) is 11.7. The van der Waals surface area contributed by atoms with E-state index in [1.807, 2.05) is 38.1 Å². The van der Waals surface area contributed by atoms with Gasteiger partial charge in [-0.25, -0.2) is 0 Å². The van der Waals surface area contributed by atoms with Crippen molar-refractivity contribution in [2.45, 2.75) is 31.8 Å². The number of benzene rings is 1. The van der Waals surface area contributed by atoms with E-state index in [9.17, 15) is 9.90 Å². The van der Waals surface area contributed by atoms with Crippen molar-refractivity contribution >= 4 is 5.97 Å². The van der Waals surface area contributed by atoms with Gasteiger partial charge in [0.25, 0.3) is 0 Å². The second-order valence-corrected chi connectivity index (χ2v) is 4.71. The molecule has 0 aromatic heterocycles. The summed E-state index contributed by atoms with van der Waals surface area (Å²) in [7, 11) is 1.57. The molecule has 4 heteroatoms. The molecule has 0 heterocycles. The Morgan fingerprint density at radius 1 is 1.44 bits per heavy atom. The van der Waals surface area contributed by atoms with E-state index < -0.39 is 11.4 Å². The Balaban J connectivity index is 3.18. The molecule has 0 fully saturated rings. The Morgan fingerprint density at radius 2 is 2.00 bits per heavy atom. The smallest absolute Gasteiger partial charge is 0.315 e. The highest BCUT2D eigenvalue weighted by atomic mass is 16.5. The lowest BCUT2D eigenvalue weighted by molar-refractivity contribution is -0.145. The number of methoxy groups -OCH3 is 1. The molecular formula is C14H21NO3. The lowest BCUT2D eigenvalue weighted by atomic mass is 9.76. The summed E-state index contributed by atoms with van der Waals surface area (Å²) < 4.78 is 5.18. The van der Waals surface area contributed by atoms with Crippen LogP contribution in [0, 0.1) is 6.92 Å². The van der Waals surface area contributed by atoms with Crippen LogP contribution >= 0.6 is 0 Å². The third-order valence-corrected chi connectivity index (χ3v) is 3.40. The van der Waals surface area contributed by atoms with Crippen LogP contribution in [-0.2, 0) is 14.9 Å². The van der Waals surface area contributed by atoms with Crippen LogP contribution in [0.5, 0.6) is 0 Å². The molecule has 0 amide bonds. The summed E-state index contributed by atoms with van der Waals surface area (Å²) in [5, 5.41) is 9.56. The first-order valence-corrected chi connectivity index (χ1v) is 5.99. The van der Waals surface area contributed by atoms with E-state index in [1.165, 1.54) is 0 Å². The van der Waals surface area contributed by atoms with Crippen LogP contribution in [0.4, 0.5) is 0 Å². The Kier molecular flexibility index (Phi) is 4.87. The van der Waals surface area contributed by atoms with E-state index in [4.69, 9.17) is 10.5 Å². The molecule has 2 unspecified atom stereocenters. The van der Waals surface area contributed by atoms with Gasteiger partial charge >= 0.3 is 5.97 Å². The van der Waals surface area contributed by atoms with Crippen LogP contribution in [0.1, 0.15) is 24.5 Å². The van der Waals surface area contributed by atoms with E-state index in [2.05, 4.69) is 0 Å². The van der Waals surface area contributed by atoms with Crippen LogP contribution in [0.15, 0.2) is 24.3 Å². The van der Waals surface area contributed by atoms with Crippen molar-refractivity contribution in [2.75, 3.05) is 13.7 Å². The molecule has 1 aromatic rings. The van der Waals surface area contributed by atoms with Gasteiger partial charge in [-0.05, 0) is 25.8 Å². The minimum atomic E-state index is -1.08. The SMILES string of the molecule is COC(C)CC(CN)(C(=O)O)c1ccc(C)cc1. The Morgan fingerprint density at radius 3 is 2.39 bits per heavy atom. The van der Waals surface area contributed by atoms with Gasteiger partial charge in [-0.15, -0.1) is 0 Å². The summed E-state index contributed by atoms with van der Waals surface area (Å²) in [5.41, 5.74) is 6.49. The molecule has 0 aliphatic carbocycles. The Labute approximate surface area is 108 Å². The van der Waals surface area contributed by atoms with Crippen LogP contribution < -0.4 is 5.73 Å². The average molecular weight is 251 g/mol. The van der Waals surface area contributed by atoms with E-state index in [-0.39, 0.29) is 12.6 Å². The van der Waals surface area contributed by atoms with Crippen molar-refractivity contribution in [1.29, 1.82) is 0 Å². The first kappa shape index (κ1) is 14.7. The van der Waals surface area contributed by atoms with E-state index in [0.29, 0.717) is 6.42 Å². The van der Waals surface area contributed by atoms with Crippen LogP contribution in [0.3, 0.4) is 0 Å². The number of hydrogen-bond donors (Lipinski definition) is 2. The molecule has 4 nitrogen and oxygen atoms in total. The van der Waals surface area contributed by atoms with Gasteiger partial charge in [0.05, 0.1) is 6.10 Å². The number of hydrogen-bond acceptors (Lipinski definition) is 3. The number of carboxylic acid groups (broad SMARTS) is 1. The first-order chi connectivity index (χ1) is 8.46. The molecule has 0 saturated carbocycles. The molecule has 1 aromatic carbocycles. The van der Waals surface area contributed by atoms with Crippen molar-refractivity contribution in [2.24, 2.45) is 5.73 Å². The molecule has 0 aliphatic heterocycles. The van der Waals surface area contributed by atoms with E-state index in [0.717, 1.165) is 11.1 Å². The largest absolute Gasteiger partial charge is 0.481 e. The molecule has 0 aliphatic rings. The van der Waals surface area contributed by atoms with Gasteiger partial charge < -0.3 is 15.6 Å². The summed E-state index contributed by atoms with van der Waals surface area (Å²) >= 11 is 0. The van der Waals surface area contributed by atoms with Gasteiger partial charge in [0.2, 0.25) is 0 Å². The van der Waals surface area contributed by atoms with Gasteiger partial charge in [-0.1, -0.05) is 29.8 Å². The highest BCUT2D eigenvalue weighted by Crippen LogP contribution is 2.30. The summed E-state index contributed by atoms with van der Waals surface area (Å²) in [6.07, 6.45) is 0.198. The molecule has 2 atom stereocenters. The van der Waals surface area contributed by atoms with Crippen molar-refractivity contribution in [3.63, 3.8) is 0 Å². The van der Waals surface area contributed by atoms with Crippen molar-refractivity contribution < 1.29 is 14.6 Å². The average Bonchev–Trinajstić information content (AvgIpc) is 2.36. The van der Waals surface area contributed by atoms with E-state index >= 15 is 0 Å². The zero-order valence-electron chi connectivity index (χ0n) is 11.1. The van der Waals surface area contributed by atoms with Crippen molar-refractivity contribution in [3.8, 4) is 0 Å². The van der Waals surface area contributed by atoms with Gasteiger partial charge in [0.1, 0.15) is 5.41 Å². The molecule has 18 heavy (non-hydrogen) atoms. The number of aryl methyl sites for hydroxylation is 1. The maximum Gasteiger partial charge on any atom is 0.315 e. The standard InChI is InChI=1S/C14H21NO3/c1-10-4-6-12(7-5-10)14(9-15,13(16)17)8-11(2)18-3/h4-7,11H,8-9,15H2,1-3H3,(H,16,17). The van der Waals surface area contributed by atoms with Gasteiger partial charge in [-0.3, -0.25) is 4.79 Å². The minimum Gasteiger partial charge on any atom is -0.481 e. The van der Waals surface area contributed by atoms with Crippen molar-refractivity contribution in [3.05, 3.63) is 35.4 Å². The third kappa shape index (κ3) is 2.89. The molecule has 0 spiro atoms. The normalized spacial score (nSPS) is 16.0. The molecule has 0 saturated heterocycles. The van der Waals surface area contributed by atoms with Gasteiger partial charge in [-0.2, -0.15) is 0 Å². The third-order valence-electron chi connectivity index (χ3n) is 3.40. The maximum atomic E-state index is 11.7. The lowest BCUT2D eigenvalue weighted by Crippen LogP contribution is -2.45. The molecule has 100 valence electrons. The Hall–Kier alpha value is -1.39. The highest BCUT2D eigenvalue weighted by Gasteiger charge is 2.40. The fraction of sp³-hybridized carbons (Fsp3) is 0.500. The van der Waals surface area contributed by atoms with Crippen LogP contribution in [0.2, 0.25) is 0 Å². The number of carboxylic acids is 1. The topological polar surface area (TPSA) is 72.5 Å².